The molecule has 1 N–H and O–H groups in total. The van der Waals surface area contributed by atoms with Crippen LogP contribution in [0, 0.1) is 5.92 Å². The molecule has 178 valence electrons. The number of carbonyl (C=O) groups is 1. The summed E-state index contributed by atoms with van der Waals surface area (Å²) in [6.07, 6.45) is 0. The molecular weight excluding hydrogens is 422 g/mol. The Labute approximate surface area is 195 Å². The van der Waals surface area contributed by atoms with Crippen molar-refractivity contribution < 1.29 is 23.7 Å². The van der Waals surface area contributed by atoms with Crippen LogP contribution in [0.4, 0.5) is 0 Å². The van der Waals surface area contributed by atoms with E-state index >= 15 is 0 Å². The van der Waals surface area contributed by atoms with Crippen LogP contribution in [0.3, 0.4) is 0 Å². The fourth-order valence-electron chi connectivity index (χ4n) is 4.36. The molecule has 0 unspecified atom stereocenters. The van der Waals surface area contributed by atoms with Crippen molar-refractivity contribution in [2.45, 2.75) is 32.5 Å². The zero-order chi connectivity index (χ0) is 24.0. The number of benzene rings is 2. The Bertz CT molecular complexity index is 954. The van der Waals surface area contributed by atoms with E-state index in [-0.39, 0.29) is 24.0 Å². The molecule has 1 aliphatic rings. The lowest BCUT2D eigenvalue weighted by molar-refractivity contribution is -0.149. The Morgan fingerprint density at radius 3 is 2.18 bits per heavy atom. The number of hydrogen-bond acceptors (Lipinski definition) is 6. The number of hydrogen-bond donors (Lipinski definition) is 1. The van der Waals surface area contributed by atoms with Crippen LogP contribution in [0.5, 0.6) is 17.2 Å². The number of nitrogens with one attached hydrogen (secondary N) is 1. The van der Waals surface area contributed by atoms with Crippen LogP contribution in [0.2, 0.25) is 0 Å². The third-order valence-electron chi connectivity index (χ3n) is 6.04. The molecule has 0 aromatic heterocycles. The average molecular weight is 456 g/mol. The summed E-state index contributed by atoms with van der Waals surface area (Å²) in [4.78, 5) is 19.7. The molecular formula is C25H33N3O5. The molecule has 3 rings (SSSR count). The van der Waals surface area contributed by atoms with Gasteiger partial charge in [0.2, 0.25) is 5.75 Å². The lowest BCUT2D eigenvalue weighted by Gasteiger charge is -2.45. The van der Waals surface area contributed by atoms with Gasteiger partial charge in [-0.25, -0.2) is 4.99 Å². The minimum atomic E-state index is -0.377. The first-order valence-electron chi connectivity index (χ1n) is 11.0. The van der Waals surface area contributed by atoms with Gasteiger partial charge in [-0.2, -0.15) is 0 Å². The van der Waals surface area contributed by atoms with Crippen molar-refractivity contribution >= 4 is 11.9 Å². The molecule has 1 aliphatic heterocycles. The number of esters is 1. The minimum absolute atomic E-state index is 0.104. The highest BCUT2D eigenvalue weighted by molar-refractivity contribution is 5.85. The van der Waals surface area contributed by atoms with Gasteiger partial charge in [0.1, 0.15) is 5.92 Å². The first kappa shape index (κ1) is 24.2. The minimum Gasteiger partial charge on any atom is -0.493 e. The van der Waals surface area contributed by atoms with Gasteiger partial charge in [0.25, 0.3) is 0 Å². The highest BCUT2D eigenvalue weighted by atomic mass is 16.5. The van der Waals surface area contributed by atoms with E-state index in [2.05, 4.69) is 10.2 Å². The quantitative estimate of drug-likeness (QED) is 0.611. The van der Waals surface area contributed by atoms with Gasteiger partial charge in [-0.15, -0.1) is 0 Å². The van der Waals surface area contributed by atoms with E-state index in [1.807, 2.05) is 56.3 Å². The first-order valence-corrected chi connectivity index (χ1v) is 11.0. The Morgan fingerprint density at radius 1 is 1.03 bits per heavy atom. The summed E-state index contributed by atoms with van der Waals surface area (Å²) in [6, 6.07) is 13.3. The average Bonchev–Trinajstić information content (AvgIpc) is 2.86. The summed E-state index contributed by atoms with van der Waals surface area (Å²) in [5.74, 6) is 1.81. The zero-order valence-corrected chi connectivity index (χ0v) is 20.1. The van der Waals surface area contributed by atoms with Gasteiger partial charge in [-0.1, -0.05) is 30.3 Å². The van der Waals surface area contributed by atoms with E-state index in [9.17, 15) is 4.79 Å². The second-order valence-electron chi connectivity index (χ2n) is 7.78. The molecule has 33 heavy (non-hydrogen) atoms. The molecule has 1 fully saturated rings. The molecule has 3 atom stereocenters. The molecule has 0 saturated carbocycles. The van der Waals surface area contributed by atoms with Crippen molar-refractivity contribution in [2.75, 3.05) is 35.0 Å². The summed E-state index contributed by atoms with van der Waals surface area (Å²) in [5, 5.41) is 3.50. The smallest absolute Gasteiger partial charge is 0.313 e. The van der Waals surface area contributed by atoms with E-state index in [4.69, 9.17) is 23.9 Å². The van der Waals surface area contributed by atoms with Gasteiger partial charge in [0.05, 0.1) is 41.0 Å². The van der Waals surface area contributed by atoms with Crippen LogP contribution in [-0.4, -0.2) is 57.9 Å². The summed E-state index contributed by atoms with van der Waals surface area (Å²) in [5.41, 5.74) is 1.92. The molecule has 8 nitrogen and oxygen atoms in total. The Hall–Kier alpha value is -3.42. The fourth-order valence-corrected chi connectivity index (χ4v) is 4.36. The van der Waals surface area contributed by atoms with E-state index in [0.29, 0.717) is 30.3 Å². The summed E-state index contributed by atoms with van der Waals surface area (Å²) in [7, 11) is 6.19. The Kier molecular flexibility index (Phi) is 8.03. The molecule has 1 saturated heterocycles. The van der Waals surface area contributed by atoms with E-state index < -0.39 is 0 Å². The first-order chi connectivity index (χ1) is 16.0. The second-order valence-corrected chi connectivity index (χ2v) is 7.78. The molecule has 8 heteroatoms. The summed E-state index contributed by atoms with van der Waals surface area (Å²) >= 11 is 0. The molecule has 0 amide bonds. The number of aliphatic imine (C=N–C) groups is 1. The van der Waals surface area contributed by atoms with Gasteiger partial charge >= 0.3 is 5.97 Å². The van der Waals surface area contributed by atoms with Gasteiger partial charge in [0, 0.05) is 12.6 Å². The highest BCUT2D eigenvalue weighted by Gasteiger charge is 2.43. The van der Waals surface area contributed by atoms with Gasteiger partial charge in [-0.3, -0.25) is 4.79 Å². The van der Waals surface area contributed by atoms with Gasteiger partial charge in [-0.05, 0) is 37.1 Å². The topological polar surface area (TPSA) is 81.6 Å². The second kappa shape index (κ2) is 10.9. The number of rotatable bonds is 8. The maximum Gasteiger partial charge on any atom is 0.313 e. The summed E-state index contributed by atoms with van der Waals surface area (Å²) in [6.45, 7) is 5.17. The van der Waals surface area contributed by atoms with Crippen molar-refractivity contribution in [1.82, 2.24) is 10.2 Å². The van der Waals surface area contributed by atoms with Crippen LogP contribution < -0.4 is 19.5 Å². The number of nitrogens with zero attached hydrogens (tertiary/aromatic N) is 2. The Balaban J connectivity index is 1.97. The SMILES string of the molecule is CCN1C(=NCc2cc(OC)c(OC)c(OC)c2)N[C@@H](c2ccccc2)[C@H](C(=O)OC)[C@H]1C. The number of methoxy groups -OCH3 is 4. The maximum absolute atomic E-state index is 12.7. The lowest BCUT2D eigenvalue weighted by atomic mass is 9.85. The molecule has 2 aromatic rings. The monoisotopic (exact) mass is 455 g/mol. The van der Waals surface area contributed by atoms with Crippen molar-refractivity contribution in [3.05, 3.63) is 53.6 Å². The normalized spacial score (nSPS) is 21.3. The van der Waals surface area contributed by atoms with Gasteiger partial charge in [0.15, 0.2) is 17.5 Å². The third kappa shape index (κ3) is 4.99. The number of guanidine groups is 1. The van der Waals surface area contributed by atoms with Crippen LogP contribution in [0.1, 0.15) is 31.0 Å². The molecule has 0 aliphatic carbocycles. The standard InChI is InChI=1S/C25H33N3O5/c1-7-28-16(2)21(24(29)33-6)22(18-11-9-8-10-12-18)27-25(28)26-15-17-13-19(30-3)23(32-5)20(14-17)31-4/h8-14,16,21-22H,7,15H2,1-6H3,(H,26,27)/t16-,21-,22+/m1/s1. The predicted molar refractivity (Wildman–Crippen MR) is 127 cm³/mol. The third-order valence-corrected chi connectivity index (χ3v) is 6.04. The lowest BCUT2D eigenvalue weighted by Crippen LogP contribution is -2.60. The van der Waals surface area contributed by atoms with Gasteiger partial charge < -0.3 is 29.2 Å². The van der Waals surface area contributed by atoms with Crippen LogP contribution >= 0.6 is 0 Å². The van der Waals surface area contributed by atoms with Crippen molar-refractivity contribution in [2.24, 2.45) is 10.9 Å². The number of ether oxygens (including phenoxy) is 4. The van der Waals surface area contributed by atoms with Crippen molar-refractivity contribution in [1.29, 1.82) is 0 Å². The Morgan fingerprint density at radius 2 is 1.67 bits per heavy atom. The molecule has 0 bridgehead atoms. The zero-order valence-electron chi connectivity index (χ0n) is 20.1. The largest absolute Gasteiger partial charge is 0.493 e. The van der Waals surface area contributed by atoms with Crippen LogP contribution in [0.25, 0.3) is 0 Å². The fraction of sp³-hybridized carbons (Fsp3) is 0.440. The molecule has 2 aromatic carbocycles. The molecule has 1 heterocycles. The van der Waals surface area contributed by atoms with Crippen LogP contribution in [0.15, 0.2) is 47.5 Å². The van der Waals surface area contributed by atoms with Crippen molar-refractivity contribution in [3.63, 3.8) is 0 Å². The van der Waals surface area contributed by atoms with E-state index in [0.717, 1.165) is 17.1 Å². The maximum atomic E-state index is 12.7. The van der Waals surface area contributed by atoms with E-state index in [1.54, 1.807) is 21.3 Å². The highest BCUT2D eigenvalue weighted by Crippen LogP contribution is 2.38. The molecule has 0 radical (unpaired) electrons. The summed E-state index contributed by atoms with van der Waals surface area (Å²) < 4.78 is 21.5. The number of carbonyl (C=O) groups excluding carboxylic acids is 1. The van der Waals surface area contributed by atoms with E-state index in [1.165, 1.54) is 7.11 Å². The predicted octanol–water partition coefficient (Wildman–Crippen LogP) is 3.41. The van der Waals surface area contributed by atoms with Crippen LogP contribution in [-0.2, 0) is 16.1 Å². The van der Waals surface area contributed by atoms with Crippen molar-refractivity contribution in [3.8, 4) is 17.2 Å². The molecule has 0 spiro atoms.